The molecular weight excluding hydrogens is 1870 g/mol. The molecule has 9 N–H and O–H groups in total. The van der Waals surface area contributed by atoms with Gasteiger partial charge >= 0.3 is 30.0 Å². The largest absolute Gasteiger partial charge is 0.480 e. The number of non-ortho nitro benzene ring substituents is 1. The van der Waals surface area contributed by atoms with Gasteiger partial charge < -0.3 is 61.6 Å². The summed E-state index contributed by atoms with van der Waals surface area (Å²) in [4.78, 5) is 128. The Morgan fingerprint density at radius 1 is 0.430 bits per heavy atom. The molecule has 2 aliphatic rings. The Morgan fingerprint density at radius 3 is 1.21 bits per heavy atom. The number of carbonyl (C=O) groups is 10. The zero-order valence-electron chi connectivity index (χ0n) is 82.3. The summed E-state index contributed by atoms with van der Waals surface area (Å²) in [5.41, 5.74) is 15.9. The molecule has 13 rings (SSSR count). The summed E-state index contributed by atoms with van der Waals surface area (Å²) in [7, 11) is 2.72. The lowest BCUT2D eigenvalue weighted by Gasteiger charge is -2.37. The number of esters is 2. The van der Waals surface area contributed by atoms with Gasteiger partial charge in [0.1, 0.15) is 36.2 Å². The van der Waals surface area contributed by atoms with Crippen molar-refractivity contribution in [2.45, 2.75) is 184 Å². The second-order valence-corrected chi connectivity index (χ2v) is 35.8. The molecule has 0 aromatic heterocycles. The highest BCUT2D eigenvalue weighted by atomic mass is 35.5. The maximum Gasteiger partial charge on any atom is 0.407 e. The van der Waals surface area contributed by atoms with Gasteiger partial charge in [-0.25, -0.2) is 19.2 Å². The molecule has 6 atom stereocenters. The second-order valence-electron chi connectivity index (χ2n) is 34.4. The van der Waals surface area contributed by atoms with Gasteiger partial charge in [0.2, 0.25) is 23.6 Å². The fourth-order valence-electron chi connectivity index (χ4n) is 17.0. The number of ether oxygens (including phenoxy) is 3. The molecule has 25 nitrogen and oxygen atoms in total. The van der Waals surface area contributed by atoms with E-state index in [1.165, 1.54) is 78.8 Å². The fraction of sp³-hybridized carbons (Fsp3) is 0.327. The Hall–Kier alpha value is -13.8. The molecule has 0 saturated heterocycles. The van der Waals surface area contributed by atoms with Crippen molar-refractivity contribution in [3.05, 3.63) is 372 Å². The zero-order chi connectivity index (χ0) is 104. The molecule has 0 radical (unpaired) electrons. The number of hydrogen-bond donors (Lipinski definition) is 9. The molecule has 0 bridgehead atoms. The molecule has 0 saturated carbocycles. The van der Waals surface area contributed by atoms with Gasteiger partial charge in [-0.3, -0.25) is 43.3 Å². The number of aryl methyl sites for hydroxylation is 2. The smallest absolute Gasteiger partial charge is 0.407 e. The van der Waals surface area contributed by atoms with Crippen molar-refractivity contribution >= 4 is 99.9 Å². The monoisotopic (exact) mass is 1990 g/mol. The number of nitrogens with one attached hydrogen (secondary N) is 7. The molecule has 0 fully saturated rings. The first kappa shape index (κ1) is 112. The number of alkyl carbamates (subject to hydrolysis) is 1. The first-order valence-electron chi connectivity index (χ1n) is 48.0. The molecule has 11 aromatic carbocycles. The van der Waals surface area contributed by atoms with Crippen molar-refractivity contribution in [1.82, 2.24) is 37.2 Å². The number of aliphatic carboxylic acids is 2. The Labute approximate surface area is 847 Å². The van der Waals surface area contributed by atoms with Crippen molar-refractivity contribution in [2.75, 3.05) is 54.1 Å². The van der Waals surface area contributed by atoms with Crippen LogP contribution in [0.3, 0.4) is 0 Å². The standard InChI is InChI=1S/C43H41ClN2O5.C24H27NO5.C20H16Cl2.C16H23N3O4.C9H18N2O3.CH3F/c1-29-23-25-32(26-24-29)43(31-14-4-3-5-15-31,38-20-10-11-21-39(38)44)51-41(48)40(46-30(2)47)22-12-13-27-45-42(49)50-28-37-35-18-8-6-16-33(35)34-17-7-9-19-36(34)37;1-16(26)25-22(24(28)29)13-3-2-4-14-23(27)30-15-21-19-11-7-5-9-17(19)18-10-6-8-12-20(18)21;1-15-11-13-17(14-12-15)20(22,16-7-3-2-4-8-16)18-9-5-6-10-19(18)21;1-12(20)18-15(5-3-4-10-17-2)16(21)11-13-6-8-14(9-7-13)19(22)23;1-7(12)11-8(9(13)14)5-3-4-6-10-2;1-2/h3-11,14-21,23-26,37,40H,12-13,22,27-28H2,1-2H3,(H,45,49)(H,46,47);5-12,21-22H,2-4,13-15H2,1H3,(H,25,26)(H,28,29);2-14H,1H3;6-9,15,17H,3-5,10-11H2,1-2H3,(H,18,20);8,10H,3-6H2,1-2H3,(H,11,12)(H,13,14);1H3/t40-,43?;22-;;15-;8-;/m00.00./s1/i;;;;;1D. The Balaban J connectivity index is 0.000000233. The summed E-state index contributed by atoms with van der Waals surface area (Å²) in [5, 5.41) is 48.7. The van der Waals surface area contributed by atoms with Crippen molar-refractivity contribution in [3.63, 3.8) is 0 Å². The first-order valence-corrected chi connectivity index (χ1v) is 48.5. The van der Waals surface area contributed by atoms with Crippen LogP contribution in [0.25, 0.3) is 22.3 Å². The molecule has 142 heavy (non-hydrogen) atoms. The Bertz CT molecular complexity index is 5880. The quantitative estimate of drug-likeness (QED) is 0.00326. The lowest BCUT2D eigenvalue weighted by Crippen LogP contribution is -2.45. The fourth-order valence-corrected chi connectivity index (χ4v) is 18.0. The number of unbranched alkanes of at least 4 members (excludes halogenated alkanes) is 5. The number of benzene rings is 11. The van der Waals surface area contributed by atoms with Crippen molar-refractivity contribution in [3.8, 4) is 22.3 Å². The number of nitro groups is 1. The summed E-state index contributed by atoms with van der Waals surface area (Å²) in [6.07, 6.45) is 8.16. The number of carbonyl (C=O) groups excluding carboxylic acids is 8. The maximum absolute atomic E-state index is 14.2. The number of rotatable bonds is 43. The number of halogens is 4. The predicted octanol–water partition coefficient (Wildman–Crippen LogP) is 20.9. The first-order chi connectivity index (χ1) is 68.8. The molecule has 5 amide bonds. The van der Waals surface area contributed by atoms with Gasteiger partial charge in [0.25, 0.3) is 5.69 Å². The number of nitrogens with zero attached hydrogens (tertiary/aromatic N) is 1. The van der Waals surface area contributed by atoms with Gasteiger partial charge in [-0.2, -0.15) is 0 Å². The van der Waals surface area contributed by atoms with Gasteiger partial charge in [-0.15, -0.1) is 11.6 Å². The van der Waals surface area contributed by atoms with E-state index in [-0.39, 0.29) is 65.9 Å². The number of carboxylic acid groups (broad SMARTS) is 2. The Kier molecular flexibility index (Phi) is 46.6. The van der Waals surface area contributed by atoms with Crippen LogP contribution in [0, 0.1) is 24.0 Å². The van der Waals surface area contributed by atoms with Gasteiger partial charge in [-0.1, -0.05) is 302 Å². The number of alkyl halides is 2. The lowest BCUT2D eigenvalue weighted by molar-refractivity contribution is -0.384. The summed E-state index contributed by atoms with van der Waals surface area (Å²) in [6.45, 7) is 12.1. The van der Waals surface area contributed by atoms with Crippen LogP contribution in [-0.4, -0.2) is 153 Å². The highest BCUT2D eigenvalue weighted by Gasteiger charge is 2.44. The average molecular weight is 2000 g/mol. The topological polar surface area (TPSA) is 366 Å². The predicted molar refractivity (Wildman–Crippen MR) is 555 cm³/mol. The van der Waals surface area contributed by atoms with Crippen LogP contribution in [0.1, 0.15) is 203 Å². The van der Waals surface area contributed by atoms with Crippen molar-refractivity contribution in [2.24, 2.45) is 0 Å². The third kappa shape index (κ3) is 34.0. The molecule has 0 spiro atoms. The minimum atomic E-state index is -1.40. The van der Waals surface area contributed by atoms with Gasteiger partial charge in [-0.05, 0) is 185 Å². The molecular formula is C113H128Cl3FN8O17. The molecule has 2 aliphatic carbocycles. The average Bonchev–Trinajstić information content (AvgIpc) is 1.50. The third-order valence-corrected chi connectivity index (χ3v) is 25.2. The molecule has 2 unspecified atom stereocenters. The van der Waals surface area contributed by atoms with Crippen LogP contribution < -0.4 is 37.2 Å². The number of fused-ring (bicyclic) bond motifs is 6. The van der Waals surface area contributed by atoms with E-state index in [4.69, 9.17) is 60.6 Å². The summed E-state index contributed by atoms with van der Waals surface area (Å²) >= 11 is 20.5. The number of carboxylic acids is 2. The van der Waals surface area contributed by atoms with E-state index in [1.807, 2.05) is 197 Å². The number of Topliss-reactive ketones (excluding diaryl/α,β-unsaturated/α-hetero) is 1. The van der Waals surface area contributed by atoms with Crippen LogP contribution >= 0.6 is 34.8 Å². The molecule has 11 aromatic rings. The number of ketones is 1. The molecule has 0 heterocycles. The van der Waals surface area contributed by atoms with Crippen LogP contribution in [0.15, 0.2) is 279 Å². The van der Waals surface area contributed by atoms with E-state index in [0.29, 0.717) is 104 Å². The van der Waals surface area contributed by atoms with Crippen LogP contribution in [-0.2, 0) is 74.3 Å². The van der Waals surface area contributed by atoms with Crippen LogP contribution in [0.2, 0.25) is 10.0 Å². The normalized spacial score (nSPS) is 13.0. The van der Waals surface area contributed by atoms with Crippen molar-refractivity contribution in [1.29, 1.82) is 0 Å². The number of hydrogen-bond acceptors (Lipinski definition) is 17. The van der Waals surface area contributed by atoms with E-state index in [2.05, 4.69) is 117 Å². The third-order valence-electron chi connectivity index (χ3n) is 23.9. The van der Waals surface area contributed by atoms with Crippen molar-refractivity contribution < 1.29 is 83.1 Å². The van der Waals surface area contributed by atoms with E-state index in [1.54, 1.807) is 18.2 Å². The lowest BCUT2D eigenvalue weighted by atomic mass is 9.79. The molecule has 750 valence electrons. The molecule has 0 aliphatic heterocycles. The highest BCUT2D eigenvalue weighted by Crippen LogP contribution is 2.49. The highest BCUT2D eigenvalue weighted by molar-refractivity contribution is 6.35. The van der Waals surface area contributed by atoms with Gasteiger partial charge in [0, 0.05) is 103 Å². The van der Waals surface area contributed by atoms with E-state index in [9.17, 15) is 62.5 Å². The van der Waals surface area contributed by atoms with Gasteiger partial charge in [0.05, 0.1) is 19.5 Å². The summed E-state index contributed by atoms with van der Waals surface area (Å²) < 4.78 is 33.3. The van der Waals surface area contributed by atoms with E-state index >= 15 is 0 Å². The number of amides is 5. The number of nitro benzene ring substituents is 1. The second kappa shape index (κ2) is 59.1. The summed E-state index contributed by atoms with van der Waals surface area (Å²) in [5.74, 6) is -4.16. The summed E-state index contributed by atoms with van der Waals surface area (Å²) in [6, 6.07) is 86.3. The van der Waals surface area contributed by atoms with Crippen LogP contribution in [0.5, 0.6) is 0 Å². The zero-order valence-corrected chi connectivity index (χ0v) is 83.6. The van der Waals surface area contributed by atoms with E-state index in [0.717, 1.165) is 77.7 Å². The maximum atomic E-state index is 14.2. The van der Waals surface area contributed by atoms with Crippen LogP contribution in [0.4, 0.5) is 14.9 Å². The minimum Gasteiger partial charge on any atom is -0.480 e. The van der Waals surface area contributed by atoms with E-state index < -0.39 is 70.7 Å². The molecule has 29 heteroatoms. The SMILES string of the molecule is CC(=O)N[C@@H](CCCCCC(=O)OCC1c2ccccc2-c2ccccc21)C(=O)O.CC(=O)N[C@@H](CCCCNC(=O)OCC1c2ccccc2-c2ccccc21)C(=O)OC(c1ccccc1)(c1ccc(C)cc1)c1ccccc1Cl.CNCCCC[C@H](NC(C)=O)C(=O)Cc1ccc([N+](=O)[O-])cc1.CNCCCC[C@H](NC(C)=O)C(=O)O.Cc1ccc(C(Cl)(c2ccccc2)c2ccccc2Cl)cc1.[2H]CF. The Morgan fingerprint density at radius 2 is 0.782 bits per heavy atom. The van der Waals surface area contributed by atoms with Gasteiger partial charge in [0.15, 0.2) is 11.4 Å². The minimum absolute atomic E-state index is 0.00771.